The Morgan fingerprint density at radius 1 is 1.36 bits per heavy atom. The van der Waals surface area contributed by atoms with E-state index in [1.54, 1.807) is 11.3 Å². The minimum atomic E-state index is 0. The summed E-state index contributed by atoms with van der Waals surface area (Å²) in [6.07, 6.45) is 6.38. The molecular weight excluding hydrogens is 316 g/mol. The van der Waals surface area contributed by atoms with Gasteiger partial charge in [0.15, 0.2) is 0 Å². The summed E-state index contributed by atoms with van der Waals surface area (Å²) in [5.41, 5.74) is 4.64. The van der Waals surface area contributed by atoms with Crippen molar-refractivity contribution in [2.45, 2.75) is 44.2 Å². The van der Waals surface area contributed by atoms with Gasteiger partial charge in [0, 0.05) is 13.2 Å². The average Bonchev–Trinajstić information content (AvgIpc) is 2.93. The standard InChI is InChI=1S/C17H22N2OS.ClH/c1-5-17(6-1)9-14(4-7-20-17)11-18-10-13-2-3-16-15(8-13)19-12-21-16;/h2-3,8,12,14,18H,1,4-7,9-11H2;1H. The lowest BCUT2D eigenvalue weighted by atomic mass is 9.72. The van der Waals surface area contributed by atoms with E-state index in [0.29, 0.717) is 0 Å². The maximum Gasteiger partial charge on any atom is 0.0815 e. The summed E-state index contributed by atoms with van der Waals surface area (Å²) in [6, 6.07) is 6.60. The van der Waals surface area contributed by atoms with Crippen LogP contribution in [0.4, 0.5) is 0 Å². The Bertz CT molecular complexity index is 626. The van der Waals surface area contributed by atoms with E-state index in [9.17, 15) is 0 Å². The van der Waals surface area contributed by atoms with Gasteiger partial charge in [-0.3, -0.25) is 0 Å². The fourth-order valence-corrected chi connectivity index (χ4v) is 4.32. The van der Waals surface area contributed by atoms with E-state index >= 15 is 0 Å². The van der Waals surface area contributed by atoms with E-state index in [4.69, 9.17) is 4.74 Å². The lowest BCUT2D eigenvalue weighted by Crippen LogP contribution is -2.47. The zero-order valence-electron chi connectivity index (χ0n) is 12.7. The van der Waals surface area contributed by atoms with Crippen LogP contribution in [0.1, 0.15) is 37.7 Å². The molecule has 22 heavy (non-hydrogen) atoms. The first kappa shape index (κ1) is 16.2. The quantitative estimate of drug-likeness (QED) is 0.909. The van der Waals surface area contributed by atoms with Gasteiger partial charge in [-0.05, 0) is 62.3 Å². The molecule has 2 aromatic rings. The van der Waals surface area contributed by atoms with Crippen molar-refractivity contribution < 1.29 is 4.74 Å². The average molecular weight is 339 g/mol. The van der Waals surface area contributed by atoms with E-state index < -0.39 is 0 Å². The molecule has 0 amide bonds. The highest BCUT2D eigenvalue weighted by molar-refractivity contribution is 7.16. The maximum absolute atomic E-state index is 6.00. The van der Waals surface area contributed by atoms with E-state index in [2.05, 4.69) is 28.5 Å². The number of nitrogens with one attached hydrogen (secondary N) is 1. The van der Waals surface area contributed by atoms with Crippen molar-refractivity contribution >= 4 is 34.0 Å². The third-order valence-corrected chi connectivity index (χ3v) is 5.83. The topological polar surface area (TPSA) is 34.2 Å². The number of rotatable bonds is 4. The van der Waals surface area contributed by atoms with Gasteiger partial charge in [-0.15, -0.1) is 23.7 Å². The molecule has 2 fully saturated rings. The van der Waals surface area contributed by atoms with Crippen LogP contribution in [0.5, 0.6) is 0 Å². The van der Waals surface area contributed by atoms with Crippen LogP contribution in [0.2, 0.25) is 0 Å². The van der Waals surface area contributed by atoms with Crippen molar-refractivity contribution in [3.63, 3.8) is 0 Å². The number of ether oxygens (including phenoxy) is 1. The van der Waals surface area contributed by atoms with Gasteiger partial charge in [0.05, 0.1) is 21.3 Å². The fraction of sp³-hybridized carbons (Fsp3) is 0.588. The summed E-state index contributed by atoms with van der Waals surface area (Å²) in [5, 5.41) is 3.63. The van der Waals surface area contributed by atoms with Crippen molar-refractivity contribution in [2.75, 3.05) is 13.2 Å². The molecule has 1 saturated heterocycles. The SMILES string of the molecule is Cl.c1nc2cc(CNCC3CCOC4(CCC4)C3)ccc2s1. The smallest absolute Gasteiger partial charge is 0.0815 e. The first-order chi connectivity index (χ1) is 10.3. The minimum absolute atomic E-state index is 0. The van der Waals surface area contributed by atoms with Gasteiger partial charge in [-0.2, -0.15) is 0 Å². The molecule has 4 rings (SSSR count). The molecule has 1 atom stereocenters. The first-order valence-electron chi connectivity index (χ1n) is 8.00. The number of thiazole rings is 1. The Balaban J connectivity index is 0.00000144. The van der Waals surface area contributed by atoms with Gasteiger partial charge in [0.1, 0.15) is 0 Å². The highest BCUT2D eigenvalue weighted by atomic mass is 35.5. The second-order valence-electron chi connectivity index (χ2n) is 6.53. The van der Waals surface area contributed by atoms with Crippen LogP contribution in [0.3, 0.4) is 0 Å². The predicted molar refractivity (Wildman–Crippen MR) is 93.8 cm³/mol. The summed E-state index contributed by atoms with van der Waals surface area (Å²) in [6.45, 7) is 3.01. The summed E-state index contributed by atoms with van der Waals surface area (Å²) in [5.74, 6) is 0.780. The number of benzene rings is 1. The molecule has 1 aliphatic carbocycles. The van der Waals surface area contributed by atoms with Crippen LogP contribution in [0.15, 0.2) is 23.7 Å². The Morgan fingerprint density at radius 2 is 2.27 bits per heavy atom. The molecule has 3 nitrogen and oxygen atoms in total. The molecule has 1 N–H and O–H groups in total. The minimum Gasteiger partial charge on any atom is -0.375 e. The van der Waals surface area contributed by atoms with Crippen LogP contribution in [-0.2, 0) is 11.3 Å². The normalized spacial score (nSPS) is 23.2. The molecule has 1 unspecified atom stereocenters. The van der Waals surface area contributed by atoms with Crippen molar-refractivity contribution in [1.29, 1.82) is 0 Å². The van der Waals surface area contributed by atoms with Crippen LogP contribution in [-0.4, -0.2) is 23.7 Å². The Labute approximate surface area is 141 Å². The maximum atomic E-state index is 6.00. The predicted octanol–water partition coefficient (Wildman–Crippen LogP) is 4.16. The molecule has 2 heterocycles. The van der Waals surface area contributed by atoms with Gasteiger partial charge in [-0.1, -0.05) is 6.07 Å². The monoisotopic (exact) mass is 338 g/mol. The van der Waals surface area contributed by atoms with Crippen LogP contribution in [0.25, 0.3) is 10.2 Å². The van der Waals surface area contributed by atoms with Crippen molar-refractivity contribution in [3.05, 3.63) is 29.3 Å². The van der Waals surface area contributed by atoms with E-state index in [-0.39, 0.29) is 18.0 Å². The van der Waals surface area contributed by atoms with Crippen LogP contribution >= 0.6 is 23.7 Å². The zero-order valence-corrected chi connectivity index (χ0v) is 14.3. The number of hydrogen-bond donors (Lipinski definition) is 1. The number of aromatic nitrogens is 1. The van der Waals surface area contributed by atoms with E-state index in [1.807, 2.05) is 5.51 Å². The molecule has 1 aromatic heterocycles. The molecule has 0 radical (unpaired) electrons. The van der Waals surface area contributed by atoms with Crippen molar-refractivity contribution in [3.8, 4) is 0 Å². The number of hydrogen-bond acceptors (Lipinski definition) is 4. The second-order valence-corrected chi connectivity index (χ2v) is 7.42. The Hall–Kier alpha value is -0.680. The summed E-state index contributed by atoms with van der Waals surface area (Å²) in [4.78, 5) is 4.39. The van der Waals surface area contributed by atoms with E-state index in [1.165, 1.54) is 42.4 Å². The molecular formula is C17H23ClN2OS. The van der Waals surface area contributed by atoms with Gasteiger partial charge < -0.3 is 10.1 Å². The second kappa shape index (κ2) is 6.83. The third kappa shape index (κ3) is 3.30. The van der Waals surface area contributed by atoms with Gasteiger partial charge in [0.25, 0.3) is 0 Å². The fourth-order valence-electron chi connectivity index (χ4n) is 3.66. The molecule has 120 valence electrons. The van der Waals surface area contributed by atoms with Crippen molar-refractivity contribution in [2.24, 2.45) is 5.92 Å². The Morgan fingerprint density at radius 3 is 3.09 bits per heavy atom. The largest absolute Gasteiger partial charge is 0.375 e. The molecule has 2 aliphatic rings. The molecule has 0 bridgehead atoms. The number of fused-ring (bicyclic) bond motifs is 1. The van der Waals surface area contributed by atoms with Gasteiger partial charge in [-0.25, -0.2) is 4.98 Å². The molecule has 1 aliphatic heterocycles. The zero-order chi connectivity index (χ0) is 14.1. The third-order valence-electron chi connectivity index (χ3n) is 5.02. The molecule has 1 aromatic carbocycles. The summed E-state index contributed by atoms with van der Waals surface area (Å²) >= 11 is 1.71. The van der Waals surface area contributed by atoms with Gasteiger partial charge >= 0.3 is 0 Å². The van der Waals surface area contributed by atoms with Crippen molar-refractivity contribution in [1.82, 2.24) is 10.3 Å². The highest BCUT2D eigenvalue weighted by Gasteiger charge is 2.42. The van der Waals surface area contributed by atoms with E-state index in [0.717, 1.165) is 31.1 Å². The summed E-state index contributed by atoms with van der Waals surface area (Å²) in [7, 11) is 0. The number of halogens is 1. The lowest BCUT2D eigenvalue weighted by molar-refractivity contribution is -0.142. The first-order valence-corrected chi connectivity index (χ1v) is 8.88. The van der Waals surface area contributed by atoms with Crippen LogP contribution in [0, 0.1) is 5.92 Å². The number of nitrogens with zero attached hydrogens (tertiary/aromatic N) is 1. The van der Waals surface area contributed by atoms with Crippen LogP contribution < -0.4 is 5.32 Å². The Kier molecular flexibility index (Phi) is 5.03. The van der Waals surface area contributed by atoms with Gasteiger partial charge in [0.2, 0.25) is 0 Å². The highest BCUT2D eigenvalue weighted by Crippen LogP contribution is 2.44. The molecule has 5 heteroatoms. The molecule has 1 spiro atoms. The lowest BCUT2D eigenvalue weighted by Gasteiger charge is -2.47. The molecule has 1 saturated carbocycles. The summed E-state index contributed by atoms with van der Waals surface area (Å²) < 4.78 is 7.27.